The van der Waals surface area contributed by atoms with E-state index in [1.54, 1.807) is 43.4 Å². The fraction of sp³-hybridized carbons (Fsp3) is 0.294. The van der Waals surface area contributed by atoms with E-state index in [9.17, 15) is 9.59 Å². The second kappa shape index (κ2) is 9.75. The Hall–Kier alpha value is -2.31. The normalized spacial score (nSPS) is 9.92. The van der Waals surface area contributed by atoms with Crippen LogP contribution >= 0.6 is 12.4 Å². The molecule has 24 heavy (non-hydrogen) atoms. The lowest BCUT2D eigenvalue weighted by Crippen LogP contribution is -2.31. The molecule has 6 nitrogen and oxygen atoms in total. The van der Waals surface area contributed by atoms with E-state index in [-0.39, 0.29) is 30.0 Å². The van der Waals surface area contributed by atoms with Crippen LogP contribution in [0.15, 0.2) is 47.1 Å². The van der Waals surface area contributed by atoms with Gasteiger partial charge in [0.2, 0.25) is 0 Å². The predicted molar refractivity (Wildman–Crippen MR) is 96.0 cm³/mol. The summed E-state index contributed by atoms with van der Waals surface area (Å²) in [4.78, 5) is 26.1. The third kappa shape index (κ3) is 4.84. The number of para-hydroxylation sites is 1. The third-order valence-electron chi connectivity index (χ3n) is 3.44. The SMILES string of the molecule is CNCCCNC(=O)c1ccccc1N(C)C(=O)c1ccco1.Cl. The van der Waals surface area contributed by atoms with Gasteiger partial charge in [-0.2, -0.15) is 0 Å². The van der Waals surface area contributed by atoms with Gasteiger partial charge in [-0.1, -0.05) is 12.1 Å². The van der Waals surface area contributed by atoms with Crippen molar-refractivity contribution in [1.29, 1.82) is 0 Å². The number of rotatable bonds is 7. The molecule has 130 valence electrons. The van der Waals surface area contributed by atoms with Gasteiger partial charge < -0.3 is 20.0 Å². The second-order valence-corrected chi connectivity index (χ2v) is 5.07. The largest absolute Gasteiger partial charge is 0.459 e. The van der Waals surface area contributed by atoms with Crippen LogP contribution in [-0.2, 0) is 0 Å². The highest BCUT2D eigenvalue weighted by molar-refractivity contribution is 6.09. The Kier molecular flexibility index (Phi) is 8.01. The first-order chi connectivity index (χ1) is 11.1. The number of hydrogen-bond acceptors (Lipinski definition) is 4. The van der Waals surface area contributed by atoms with Crippen LogP contribution in [0.4, 0.5) is 5.69 Å². The van der Waals surface area contributed by atoms with Crippen LogP contribution in [0.25, 0.3) is 0 Å². The lowest BCUT2D eigenvalue weighted by atomic mass is 10.1. The molecule has 1 aromatic heterocycles. The van der Waals surface area contributed by atoms with Crippen LogP contribution in [-0.4, -0.2) is 39.0 Å². The van der Waals surface area contributed by atoms with E-state index in [2.05, 4.69) is 10.6 Å². The summed E-state index contributed by atoms with van der Waals surface area (Å²) in [6.07, 6.45) is 2.28. The molecule has 0 spiro atoms. The van der Waals surface area contributed by atoms with Gasteiger partial charge >= 0.3 is 0 Å². The molecule has 1 heterocycles. The molecule has 2 N–H and O–H groups in total. The Morgan fingerprint density at radius 3 is 2.54 bits per heavy atom. The van der Waals surface area contributed by atoms with Crippen molar-refractivity contribution in [3.8, 4) is 0 Å². The zero-order valence-corrected chi connectivity index (χ0v) is 14.6. The maximum atomic E-state index is 12.4. The molecule has 1 aromatic carbocycles. The van der Waals surface area contributed by atoms with Crippen LogP contribution in [0.1, 0.15) is 27.3 Å². The molecule has 2 amide bonds. The molecule has 0 saturated carbocycles. The van der Waals surface area contributed by atoms with Crippen molar-refractivity contribution in [2.24, 2.45) is 0 Å². The van der Waals surface area contributed by atoms with E-state index in [1.807, 2.05) is 7.05 Å². The zero-order valence-electron chi connectivity index (χ0n) is 13.7. The van der Waals surface area contributed by atoms with Gasteiger partial charge in [-0.05, 0) is 44.3 Å². The van der Waals surface area contributed by atoms with Crippen LogP contribution in [0, 0.1) is 0 Å². The zero-order chi connectivity index (χ0) is 16.7. The molecular formula is C17H22ClN3O3. The maximum absolute atomic E-state index is 12.4. The van der Waals surface area contributed by atoms with Crippen molar-refractivity contribution >= 4 is 29.9 Å². The summed E-state index contributed by atoms with van der Waals surface area (Å²) in [6, 6.07) is 10.3. The number of hydrogen-bond donors (Lipinski definition) is 2. The molecule has 7 heteroatoms. The summed E-state index contributed by atoms with van der Waals surface area (Å²) in [7, 11) is 3.49. The van der Waals surface area contributed by atoms with E-state index in [4.69, 9.17) is 4.42 Å². The number of nitrogens with one attached hydrogen (secondary N) is 2. The average molecular weight is 352 g/mol. The molecule has 2 rings (SSSR count). The first-order valence-corrected chi connectivity index (χ1v) is 7.48. The Morgan fingerprint density at radius 2 is 1.88 bits per heavy atom. The van der Waals surface area contributed by atoms with Crippen LogP contribution in [0.3, 0.4) is 0 Å². The smallest absolute Gasteiger partial charge is 0.293 e. The topological polar surface area (TPSA) is 74.6 Å². The van der Waals surface area contributed by atoms with E-state index in [0.29, 0.717) is 17.8 Å². The molecule has 0 aliphatic heterocycles. The summed E-state index contributed by atoms with van der Waals surface area (Å²) in [6.45, 7) is 1.41. The molecule has 2 aromatic rings. The van der Waals surface area contributed by atoms with Crippen LogP contribution < -0.4 is 15.5 Å². The van der Waals surface area contributed by atoms with E-state index in [1.165, 1.54) is 11.2 Å². The Bertz CT molecular complexity index is 659. The number of anilines is 1. The van der Waals surface area contributed by atoms with Gasteiger partial charge in [0, 0.05) is 13.6 Å². The summed E-state index contributed by atoms with van der Waals surface area (Å²) in [5, 5.41) is 5.89. The first kappa shape index (κ1) is 19.7. The third-order valence-corrected chi connectivity index (χ3v) is 3.44. The number of amides is 2. The van der Waals surface area contributed by atoms with Crippen LogP contribution in [0.5, 0.6) is 0 Å². The Morgan fingerprint density at radius 1 is 1.12 bits per heavy atom. The van der Waals surface area contributed by atoms with Crippen molar-refractivity contribution < 1.29 is 14.0 Å². The minimum atomic E-state index is -0.301. The van der Waals surface area contributed by atoms with Gasteiger partial charge in [-0.25, -0.2) is 0 Å². The number of nitrogens with zero attached hydrogens (tertiary/aromatic N) is 1. The molecule has 0 aliphatic rings. The highest BCUT2D eigenvalue weighted by atomic mass is 35.5. The van der Waals surface area contributed by atoms with Gasteiger partial charge in [0.1, 0.15) is 0 Å². The van der Waals surface area contributed by atoms with Gasteiger partial charge in [-0.15, -0.1) is 12.4 Å². The lowest BCUT2D eigenvalue weighted by Gasteiger charge is -2.19. The minimum Gasteiger partial charge on any atom is -0.459 e. The number of carbonyl (C=O) groups is 2. The summed E-state index contributed by atoms with van der Waals surface area (Å²) < 4.78 is 5.13. The lowest BCUT2D eigenvalue weighted by molar-refractivity contribution is 0.0953. The van der Waals surface area contributed by atoms with Crippen molar-refractivity contribution in [2.75, 3.05) is 32.1 Å². The quantitative estimate of drug-likeness (QED) is 0.751. The van der Waals surface area contributed by atoms with Crippen molar-refractivity contribution in [1.82, 2.24) is 10.6 Å². The molecule has 0 fully saturated rings. The van der Waals surface area contributed by atoms with Gasteiger partial charge in [0.25, 0.3) is 11.8 Å². The second-order valence-electron chi connectivity index (χ2n) is 5.07. The molecule has 0 saturated heterocycles. The fourth-order valence-corrected chi connectivity index (χ4v) is 2.20. The molecule has 0 radical (unpaired) electrons. The van der Waals surface area contributed by atoms with E-state index >= 15 is 0 Å². The molecule has 0 bridgehead atoms. The van der Waals surface area contributed by atoms with Crippen molar-refractivity contribution in [3.63, 3.8) is 0 Å². The molecule has 0 unspecified atom stereocenters. The van der Waals surface area contributed by atoms with Crippen molar-refractivity contribution in [2.45, 2.75) is 6.42 Å². The summed E-state index contributed by atoms with van der Waals surface area (Å²) >= 11 is 0. The van der Waals surface area contributed by atoms with Crippen molar-refractivity contribution in [3.05, 3.63) is 54.0 Å². The monoisotopic (exact) mass is 351 g/mol. The number of furan rings is 1. The first-order valence-electron chi connectivity index (χ1n) is 7.48. The van der Waals surface area contributed by atoms with E-state index < -0.39 is 0 Å². The van der Waals surface area contributed by atoms with Crippen LogP contribution in [0.2, 0.25) is 0 Å². The highest BCUT2D eigenvalue weighted by Crippen LogP contribution is 2.21. The average Bonchev–Trinajstić information content (AvgIpc) is 3.11. The molecule has 0 atom stereocenters. The standard InChI is InChI=1S/C17H21N3O3.ClH/c1-18-10-6-11-19-16(21)13-7-3-4-8-14(13)20(2)17(22)15-9-5-12-23-15;/h3-5,7-9,12,18H,6,10-11H2,1-2H3,(H,19,21);1H. The Labute approximate surface area is 147 Å². The summed E-state index contributed by atoms with van der Waals surface area (Å²) in [5.41, 5.74) is 0.999. The number of halogens is 1. The van der Waals surface area contributed by atoms with Gasteiger partial charge in [-0.3, -0.25) is 9.59 Å². The summed E-state index contributed by atoms with van der Waals surface area (Å²) in [5.74, 6) is -0.266. The molecular weight excluding hydrogens is 330 g/mol. The highest BCUT2D eigenvalue weighted by Gasteiger charge is 2.20. The van der Waals surface area contributed by atoms with Gasteiger partial charge in [0.05, 0.1) is 17.5 Å². The van der Waals surface area contributed by atoms with E-state index in [0.717, 1.165) is 13.0 Å². The molecule has 0 aliphatic carbocycles. The fourth-order valence-electron chi connectivity index (χ4n) is 2.20. The Balaban J connectivity index is 0.00000288. The predicted octanol–water partition coefficient (Wildman–Crippen LogP) is 2.32. The number of carbonyl (C=O) groups excluding carboxylic acids is 2. The maximum Gasteiger partial charge on any atom is 0.293 e. The van der Waals surface area contributed by atoms with Gasteiger partial charge in [0.15, 0.2) is 5.76 Å². The minimum absolute atomic E-state index is 0. The number of benzene rings is 1.